The van der Waals surface area contributed by atoms with E-state index in [2.05, 4.69) is 83.6 Å². The standard InChI is InChI=1S/C24H18NO.C2HF3O2/c1-26-19-12-10-17(11-13-19)16-22-21-8-4-5-9-23(21)25-15-14-18-6-2-3-7-20(18)24(22)25;3-2(4,5)1(6)7/h2-16H,1H3;(H,6,7)/q+1;/p-1/b22-16+;. The Kier molecular flexibility index (Phi) is 5.87. The number of fused-ring (bicyclic) bond motifs is 5. The molecule has 0 unspecified atom stereocenters. The van der Waals surface area contributed by atoms with Gasteiger partial charge in [0.1, 0.15) is 11.7 Å². The predicted molar refractivity (Wildman–Crippen MR) is 117 cm³/mol. The number of carbonyl (C=O) groups excluding carboxylic acids is 1. The molecule has 0 fully saturated rings. The van der Waals surface area contributed by atoms with Crippen molar-refractivity contribution in [3.8, 4) is 11.4 Å². The molecule has 0 spiro atoms. The Morgan fingerprint density at radius 1 is 0.939 bits per heavy atom. The molecular weight excluding hydrogens is 431 g/mol. The van der Waals surface area contributed by atoms with E-state index < -0.39 is 12.1 Å². The zero-order chi connectivity index (χ0) is 23.6. The van der Waals surface area contributed by atoms with Gasteiger partial charge in [-0.25, -0.2) is 0 Å². The number of carboxylic acids is 1. The molecule has 0 amide bonds. The van der Waals surface area contributed by atoms with Gasteiger partial charge in [0.2, 0.25) is 11.4 Å². The number of carboxylic acid groups (broad SMARTS) is 1. The summed E-state index contributed by atoms with van der Waals surface area (Å²) in [7, 11) is 1.69. The van der Waals surface area contributed by atoms with E-state index in [1.165, 1.54) is 33.3 Å². The molecule has 7 heteroatoms. The van der Waals surface area contributed by atoms with Crippen LogP contribution >= 0.6 is 0 Å². The fraction of sp³-hybridized carbons (Fsp3) is 0.0769. The molecule has 166 valence electrons. The average molecular weight is 449 g/mol. The smallest absolute Gasteiger partial charge is 0.430 e. The highest BCUT2D eigenvalue weighted by molar-refractivity contribution is 6.02. The number of benzene rings is 3. The van der Waals surface area contributed by atoms with E-state index >= 15 is 0 Å². The van der Waals surface area contributed by atoms with E-state index in [9.17, 15) is 13.2 Å². The Bertz CT molecular complexity index is 1360. The second-order valence-corrected chi connectivity index (χ2v) is 7.26. The van der Waals surface area contributed by atoms with Crippen molar-refractivity contribution in [2.24, 2.45) is 0 Å². The minimum atomic E-state index is -5.19. The molecule has 0 N–H and O–H groups in total. The van der Waals surface area contributed by atoms with Crippen LogP contribution in [0.4, 0.5) is 13.2 Å². The number of aromatic nitrogens is 1. The second kappa shape index (κ2) is 8.78. The maximum atomic E-state index is 10.5. The van der Waals surface area contributed by atoms with Gasteiger partial charge in [0.05, 0.1) is 23.6 Å². The maximum Gasteiger partial charge on any atom is 0.430 e. The zero-order valence-corrected chi connectivity index (χ0v) is 17.5. The van der Waals surface area contributed by atoms with Crippen molar-refractivity contribution < 1.29 is 32.4 Å². The van der Waals surface area contributed by atoms with Gasteiger partial charge in [-0.15, -0.1) is 0 Å². The van der Waals surface area contributed by atoms with Crippen molar-refractivity contribution in [3.05, 3.63) is 102 Å². The van der Waals surface area contributed by atoms with Crippen LogP contribution < -0.4 is 14.4 Å². The van der Waals surface area contributed by atoms with Crippen LogP contribution in [0.15, 0.2) is 85.1 Å². The molecule has 1 aromatic heterocycles. The van der Waals surface area contributed by atoms with E-state index in [1.54, 1.807) is 7.11 Å². The lowest BCUT2D eigenvalue weighted by molar-refractivity contribution is -0.592. The third-order valence-electron chi connectivity index (χ3n) is 5.23. The van der Waals surface area contributed by atoms with Gasteiger partial charge in [-0.1, -0.05) is 42.5 Å². The number of alkyl halides is 3. The van der Waals surface area contributed by atoms with Crippen molar-refractivity contribution in [3.63, 3.8) is 0 Å². The molecular formula is C26H18F3NO3. The van der Waals surface area contributed by atoms with Gasteiger partial charge in [0.25, 0.3) is 0 Å². The van der Waals surface area contributed by atoms with Gasteiger partial charge in [-0.3, -0.25) is 0 Å². The summed E-state index contributed by atoms with van der Waals surface area (Å²) in [5.41, 5.74) is 6.16. The van der Waals surface area contributed by atoms with Crippen LogP contribution in [-0.2, 0) is 4.79 Å². The van der Waals surface area contributed by atoms with Gasteiger partial charge in [0, 0.05) is 12.1 Å². The molecule has 0 saturated heterocycles. The summed E-state index contributed by atoms with van der Waals surface area (Å²) in [6.45, 7) is 0. The fourth-order valence-electron chi connectivity index (χ4n) is 3.74. The lowest BCUT2D eigenvalue weighted by Crippen LogP contribution is -2.37. The van der Waals surface area contributed by atoms with Crippen LogP contribution in [0.2, 0.25) is 0 Å². The monoisotopic (exact) mass is 449 g/mol. The molecule has 4 aromatic rings. The number of methoxy groups -OCH3 is 1. The second-order valence-electron chi connectivity index (χ2n) is 7.26. The first-order chi connectivity index (χ1) is 15.8. The summed E-state index contributed by atoms with van der Waals surface area (Å²) < 4.78 is 39.1. The largest absolute Gasteiger partial charge is 0.542 e. The van der Waals surface area contributed by atoms with E-state index in [0.717, 1.165) is 11.3 Å². The summed E-state index contributed by atoms with van der Waals surface area (Å²) in [5, 5.41) is 11.3. The Morgan fingerprint density at radius 2 is 1.58 bits per heavy atom. The molecule has 1 aliphatic rings. The van der Waals surface area contributed by atoms with Crippen molar-refractivity contribution in [2.75, 3.05) is 7.11 Å². The Hall–Kier alpha value is -4.13. The van der Waals surface area contributed by atoms with Crippen molar-refractivity contribution in [1.82, 2.24) is 0 Å². The molecule has 0 bridgehead atoms. The van der Waals surface area contributed by atoms with Crippen molar-refractivity contribution in [2.45, 2.75) is 6.18 Å². The lowest BCUT2D eigenvalue weighted by Gasteiger charge is -2.03. The predicted octanol–water partition coefficient (Wildman–Crippen LogP) is 4.33. The first-order valence-corrected chi connectivity index (χ1v) is 9.97. The van der Waals surface area contributed by atoms with Crippen molar-refractivity contribution >= 4 is 28.4 Å². The number of nitrogens with zero attached hydrogens (tertiary/aromatic N) is 1. The highest BCUT2D eigenvalue weighted by Crippen LogP contribution is 2.36. The first kappa shape index (κ1) is 22.1. The van der Waals surface area contributed by atoms with Gasteiger partial charge >= 0.3 is 6.18 Å². The topological polar surface area (TPSA) is 53.2 Å². The van der Waals surface area contributed by atoms with Crippen LogP contribution in [0.25, 0.3) is 28.1 Å². The maximum absolute atomic E-state index is 10.5. The number of halogens is 3. The average Bonchev–Trinajstić information content (AvgIpc) is 3.13. The number of rotatable bonds is 2. The minimum absolute atomic E-state index is 0.874. The molecule has 3 aromatic carbocycles. The lowest BCUT2D eigenvalue weighted by atomic mass is 9.98. The zero-order valence-electron chi connectivity index (χ0n) is 17.5. The normalized spacial score (nSPS) is 13.2. The molecule has 0 aliphatic carbocycles. The number of aliphatic carboxylic acids is 1. The molecule has 5 rings (SSSR count). The molecule has 4 nitrogen and oxygen atoms in total. The van der Waals surface area contributed by atoms with Crippen LogP contribution in [0.1, 0.15) is 16.8 Å². The van der Waals surface area contributed by atoms with Gasteiger partial charge < -0.3 is 14.6 Å². The first-order valence-electron chi connectivity index (χ1n) is 9.97. The highest BCUT2D eigenvalue weighted by Gasteiger charge is 2.33. The minimum Gasteiger partial charge on any atom is -0.542 e. The van der Waals surface area contributed by atoms with E-state index in [4.69, 9.17) is 14.6 Å². The molecule has 33 heavy (non-hydrogen) atoms. The van der Waals surface area contributed by atoms with Gasteiger partial charge in [-0.05, 0) is 41.3 Å². The number of pyridine rings is 1. The fourth-order valence-corrected chi connectivity index (χ4v) is 3.74. The summed E-state index contributed by atoms with van der Waals surface area (Å²) in [6.07, 6.45) is -0.755. The van der Waals surface area contributed by atoms with E-state index in [-0.39, 0.29) is 0 Å². The number of hydrogen-bond acceptors (Lipinski definition) is 3. The van der Waals surface area contributed by atoms with E-state index in [0.29, 0.717) is 0 Å². The third-order valence-corrected chi connectivity index (χ3v) is 5.23. The Balaban J connectivity index is 0.000000325. The van der Waals surface area contributed by atoms with Crippen LogP contribution in [0.3, 0.4) is 0 Å². The molecule has 0 saturated carbocycles. The number of hydrogen-bond donors (Lipinski definition) is 0. The summed E-state index contributed by atoms with van der Waals surface area (Å²) in [5.74, 6) is -2.13. The Morgan fingerprint density at radius 3 is 2.24 bits per heavy atom. The van der Waals surface area contributed by atoms with Gasteiger partial charge in [0.15, 0.2) is 6.20 Å². The van der Waals surface area contributed by atoms with Crippen molar-refractivity contribution in [1.29, 1.82) is 0 Å². The Labute approximate surface area is 187 Å². The number of carbonyl (C=O) groups is 1. The molecule has 0 radical (unpaired) electrons. The third kappa shape index (κ3) is 4.43. The molecule has 0 atom stereocenters. The van der Waals surface area contributed by atoms with Crippen LogP contribution in [-0.4, -0.2) is 19.3 Å². The number of para-hydroxylation sites is 1. The molecule has 1 aliphatic heterocycles. The van der Waals surface area contributed by atoms with Gasteiger partial charge in [-0.2, -0.15) is 17.7 Å². The quantitative estimate of drug-likeness (QED) is 0.377. The summed E-state index contributed by atoms with van der Waals surface area (Å²) in [4.78, 5) is 8.78. The van der Waals surface area contributed by atoms with E-state index in [1.807, 2.05) is 12.1 Å². The SMILES string of the molecule is COc1ccc(/C=C2\c3ccccc3-[n+]3ccc4ccccc4c32)cc1.O=C([O-])C(F)(F)F. The summed E-state index contributed by atoms with van der Waals surface area (Å²) in [6, 6.07) is 27.6. The summed E-state index contributed by atoms with van der Waals surface area (Å²) >= 11 is 0. The van der Waals surface area contributed by atoms with Crippen LogP contribution in [0, 0.1) is 0 Å². The van der Waals surface area contributed by atoms with Crippen LogP contribution in [0.5, 0.6) is 5.75 Å². The molecule has 2 heterocycles. The highest BCUT2D eigenvalue weighted by atomic mass is 19.4. The number of ether oxygens (including phenoxy) is 1.